The molecule has 7 nitrogen and oxygen atoms in total. The predicted molar refractivity (Wildman–Crippen MR) is 94.8 cm³/mol. The van der Waals surface area contributed by atoms with Crippen molar-refractivity contribution < 1.29 is 14.1 Å². The van der Waals surface area contributed by atoms with E-state index >= 15 is 0 Å². The Hall–Kier alpha value is -3.48. The third-order valence-electron chi connectivity index (χ3n) is 3.36. The van der Waals surface area contributed by atoms with Gasteiger partial charge in [-0.1, -0.05) is 0 Å². The van der Waals surface area contributed by atoms with E-state index in [1.54, 1.807) is 26.6 Å². The van der Waals surface area contributed by atoms with Crippen LogP contribution in [0.5, 0.6) is 11.5 Å². The van der Waals surface area contributed by atoms with E-state index in [1.165, 1.54) is 0 Å². The number of aromatic nitrogens is 2. The van der Waals surface area contributed by atoms with Crippen molar-refractivity contribution in [1.82, 2.24) is 10.3 Å². The SMILES string of the molecule is COc1ccc(C=Nc2nonc2N=Cc2ccc(OC)cc2)cc1. The van der Waals surface area contributed by atoms with Crippen molar-refractivity contribution >= 4 is 24.1 Å². The average molecular weight is 336 g/mol. The number of aliphatic imine (C=N–C) groups is 2. The molecule has 0 aliphatic rings. The molecule has 126 valence electrons. The van der Waals surface area contributed by atoms with Gasteiger partial charge < -0.3 is 9.47 Å². The molecule has 3 aromatic rings. The van der Waals surface area contributed by atoms with Crippen molar-refractivity contribution in [3.63, 3.8) is 0 Å². The monoisotopic (exact) mass is 336 g/mol. The number of nitrogens with zero attached hydrogens (tertiary/aromatic N) is 4. The van der Waals surface area contributed by atoms with Gasteiger partial charge in [-0.3, -0.25) is 0 Å². The first-order valence-corrected chi connectivity index (χ1v) is 7.47. The Labute approximate surface area is 144 Å². The molecule has 0 saturated carbocycles. The van der Waals surface area contributed by atoms with Gasteiger partial charge in [-0.05, 0) is 70.0 Å². The lowest BCUT2D eigenvalue weighted by atomic mass is 10.2. The van der Waals surface area contributed by atoms with Gasteiger partial charge >= 0.3 is 0 Å². The van der Waals surface area contributed by atoms with E-state index in [9.17, 15) is 0 Å². The van der Waals surface area contributed by atoms with Gasteiger partial charge in [-0.2, -0.15) is 0 Å². The van der Waals surface area contributed by atoms with Gasteiger partial charge in [-0.15, -0.1) is 0 Å². The first kappa shape index (κ1) is 16.4. The van der Waals surface area contributed by atoms with Crippen molar-refractivity contribution in [2.45, 2.75) is 0 Å². The minimum atomic E-state index is 0.306. The fourth-order valence-corrected chi connectivity index (χ4v) is 1.99. The minimum absolute atomic E-state index is 0.306. The smallest absolute Gasteiger partial charge is 0.243 e. The van der Waals surface area contributed by atoms with Gasteiger partial charge in [-0.25, -0.2) is 14.6 Å². The minimum Gasteiger partial charge on any atom is -0.497 e. The van der Waals surface area contributed by atoms with Crippen molar-refractivity contribution in [3.8, 4) is 11.5 Å². The summed E-state index contributed by atoms with van der Waals surface area (Å²) in [5.74, 6) is 2.18. The molecule has 0 unspecified atom stereocenters. The van der Waals surface area contributed by atoms with Gasteiger partial charge in [0.25, 0.3) is 0 Å². The lowest BCUT2D eigenvalue weighted by Gasteiger charge is -1.98. The first-order chi connectivity index (χ1) is 12.3. The average Bonchev–Trinajstić information content (AvgIpc) is 3.13. The summed E-state index contributed by atoms with van der Waals surface area (Å²) in [6.45, 7) is 0. The summed E-state index contributed by atoms with van der Waals surface area (Å²) in [5, 5.41) is 7.52. The Morgan fingerprint density at radius 2 is 1.12 bits per heavy atom. The van der Waals surface area contributed by atoms with Crippen LogP contribution in [0.15, 0.2) is 63.1 Å². The molecule has 7 heteroatoms. The van der Waals surface area contributed by atoms with Crippen LogP contribution in [-0.2, 0) is 0 Å². The highest BCUT2D eigenvalue weighted by atomic mass is 16.6. The summed E-state index contributed by atoms with van der Waals surface area (Å²) in [6.07, 6.45) is 3.32. The molecular weight excluding hydrogens is 320 g/mol. The van der Waals surface area contributed by atoms with Crippen LogP contribution in [0.1, 0.15) is 11.1 Å². The van der Waals surface area contributed by atoms with Gasteiger partial charge in [0.2, 0.25) is 11.6 Å². The summed E-state index contributed by atoms with van der Waals surface area (Å²) in [5.41, 5.74) is 1.79. The van der Waals surface area contributed by atoms with Crippen LogP contribution >= 0.6 is 0 Å². The molecule has 0 aliphatic heterocycles. The number of methoxy groups -OCH3 is 2. The largest absolute Gasteiger partial charge is 0.497 e. The van der Waals surface area contributed by atoms with Gasteiger partial charge in [0, 0.05) is 12.4 Å². The first-order valence-electron chi connectivity index (χ1n) is 7.47. The summed E-state index contributed by atoms with van der Waals surface area (Å²) in [6, 6.07) is 14.9. The lowest BCUT2D eigenvalue weighted by molar-refractivity contribution is 0.309. The second-order valence-corrected chi connectivity index (χ2v) is 4.97. The van der Waals surface area contributed by atoms with Crippen LogP contribution in [0.25, 0.3) is 0 Å². The molecule has 1 heterocycles. The molecule has 0 radical (unpaired) electrons. The van der Waals surface area contributed by atoms with Crippen LogP contribution in [0.4, 0.5) is 11.6 Å². The quantitative estimate of drug-likeness (QED) is 0.643. The number of hydrogen-bond donors (Lipinski definition) is 0. The van der Waals surface area contributed by atoms with E-state index in [1.807, 2.05) is 48.5 Å². The second-order valence-electron chi connectivity index (χ2n) is 4.97. The topological polar surface area (TPSA) is 82.1 Å². The normalized spacial score (nSPS) is 11.3. The van der Waals surface area contributed by atoms with Gasteiger partial charge in [0.05, 0.1) is 14.2 Å². The van der Waals surface area contributed by atoms with Crippen molar-refractivity contribution in [1.29, 1.82) is 0 Å². The molecule has 0 amide bonds. The zero-order valence-electron chi connectivity index (χ0n) is 13.8. The molecule has 3 rings (SSSR count). The predicted octanol–water partition coefficient (Wildman–Crippen LogP) is 3.59. The van der Waals surface area contributed by atoms with Crippen molar-refractivity contribution in [2.75, 3.05) is 14.2 Å². The summed E-state index contributed by atoms with van der Waals surface area (Å²) in [4.78, 5) is 8.53. The van der Waals surface area contributed by atoms with E-state index in [0.717, 1.165) is 22.6 Å². The van der Waals surface area contributed by atoms with E-state index < -0.39 is 0 Å². The Bertz CT molecular complexity index is 796. The molecule has 2 aromatic carbocycles. The highest BCUT2D eigenvalue weighted by molar-refractivity contribution is 5.85. The Kier molecular flexibility index (Phi) is 5.16. The van der Waals surface area contributed by atoms with Crippen LogP contribution < -0.4 is 9.47 Å². The molecule has 0 bridgehead atoms. The van der Waals surface area contributed by atoms with E-state index in [2.05, 4.69) is 20.3 Å². The molecule has 0 spiro atoms. The maximum absolute atomic E-state index is 5.12. The van der Waals surface area contributed by atoms with Gasteiger partial charge in [0.15, 0.2) is 0 Å². The lowest BCUT2D eigenvalue weighted by Crippen LogP contribution is -1.85. The van der Waals surface area contributed by atoms with Gasteiger partial charge in [0.1, 0.15) is 11.5 Å². The standard InChI is InChI=1S/C18H16N4O3/c1-23-15-7-3-13(4-8-15)11-19-17-18(22-25-21-17)20-12-14-5-9-16(24-2)10-6-14/h3-12H,1-2H3. The Morgan fingerprint density at radius 1 is 0.720 bits per heavy atom. The number of benzene rings is 2. The third kappa shape index (κ3) is 4.29. The summed E-state index contributed by atoms with van der Waals surface area (Å²) < 4.78 is 15.0. The Balaban J connectivity index is 1.72. The maximum atomic E-state index is 5.12. The van der Waals surface area contributed by atoms with Crippen molar-refractivity contribution in [2.24, 2.45) is 9.98 Å². The fraction of sp³-hybridized carbons (Fsp3) is 0.111. The zero-order chi connectivity index (χ0) is 17.5. The van der Waals surface area contributed by atoms with Crippen LogP contribution in [0.2, 0.25) is 0 Å². The van der Waals surface area contributed by atoms with E-state index in [4.69, 9.17) is 14.1 Å². The van der Waals surface area contributed by atoms with Crippen LogP contribution in [0.3, 0.4) is 0 Å². The molecule has 0 N–H and O–H groups in total. The molecule has 0 aliphatic carbocycles. The number of ether oxygens (including phenoxy) is 2. The molecule has 1 aromatic heterocycles. The zero-order valence-corrected chi connectivity index (χ0v) is 13.8. The highest BCUT2D eigenvalue weighted by Gasteiger charge is 2.06. The van der Waals surface area contributed by atoms with Crippen LogP contribution in [-0.4, -0.2) is 37.0 Å². The van der Waals surface area contributed by atoms with E-state index in [-0.39, 0.29) is 0 Å². The van der Waals surface area contributed by atoms with Crippen LogP contribution in [0, 0.1) is 0 Å². The fourth-order valence-electron chi connectivity index (χ4n) is 1.99. The third-order valence-corrected chi connectivity index (χ3v) is 3.36. The summed E-state index contributed by atoms with van der Waals surface area (Å²) in [7, 11) is 3.24. The second kappa shape index (κ2) is 7.87. The molecule has 25 heavy (non-hydrogen) atoms. The molecular formula is C18H16N4O3. The molecule has 0 saturated heterocycles. The molecule has 0 atom stereocenters. The maximum Gasteiger partial charge on any atom is 0.243 e. The Morgan fingerprint density at radius 3 is 1.48 bits per heavy atom. The summed E-state index contributed by atoms with van der Waals surface area (Å²) >= 11 is 0. The number of hydrogen-bond acceptors (Lipinski definition) is 7. The van der Waals surface area contributed by atoms with Crippen molar-refractivity contribution in [3.05, 3.63) is 59.7 Å². The highest BCUT2D eigenvalue weighted by Crippen LogP contribution is 2.23. The molecule has 0 fully saturated rings. The number of rotatable bonds is 6. The van der Waals surface area contributed by atoms with E-state index in [0.29, 0.717) is 11.6 Å².